The lowest BCUT2D eigenvalue weighted by atomic mass is 10.4. The SMILES string of the molecule is CCCNCCn1cc(S(=O)(=O)N(CCC)C(C)C)cn1. The maximum absolute atomic E-state index is 12.6. The fourth-order valence-electron chi connectivity index (χ4n) is 2.11. The van der Waals surface area contributed by atoms with E-state index in [1.807, 2.05) is 20.8 Å². The van der Waals surface area contributed by atoms with Crippen LogP contribution >= 0.6 is 0 Å². The maximum Gasteiger partial charge on any atom is 0.246 e. The van der Waals surface area contributed by atoms with Crippen molar-refractivity contribution in [1.82, 2.24) is 19.4 Å². The van der Waals surface area contributed by atoms with Crippen molar-refractivity contribution >= 4 is 10.0 Å². The Morgan fingerprint density at radius 2 is 2.00 bits per heavy atom. The van der Waals surface area contributed by atoms with Gasteiger partial charge in [0.15, 0.2) is 0 Å². The zero-order valence-corrected chi connectivity index (χ0v) is 14.4. The van der Waals surface area contributed by atoms with Gasteiger partial charge in [-0.25, -0.2) is 8.42 Å². The molecule has 1 aromatic rings. The van der Waals surface area contributed by atoms with Gasteiger partial charge < -0.3 is 5.32 Å². The van der Waals surface area contributed by atoms with Gasteiger partial charge >= 0.3 is 0 Å². The summed E-state index contributed by atoms with van der Waals surface area (Å²) in [5.74, 6) is 0. The highest BCUT2D eigenvalue weighted by atomic mass is 32.2. The van der Waals surface area contributed by atoms with Crippen LogP contribution in [0.5, 0.6) is 0 Å². The maximum atomic E-state index is 12.6. The van der Waals surface area contributed by atoms with Crippen molar-refractivity contribution in [2.24, 2.45) is 0 Å². The standard InChI is InChI=1S/C14H28N4O2S/c1-5-7-15-8-10-17-12-14(11-16-17)21(19,20)18(9-6-2)13(3)4/h11-13,15H,5-10H2,1-4H3. The molecule has 0 aliphatic rings. The number of hydrogen-bond acceptors (Lipinski definition) is 4. The van der Waals surface area contributed by atoms with Crippen LogP contribution in [0.1, 0.15) is 40.5 Å². The van der Waals surface area contributed by atoms with E-state index in [1.165, 1.54) is 10.5 Å². The predicted octanol–water partition coefficient (Wildman–Crippen LogP) is 1.69. The summed E-state index contributed by atoms with van der Waals surface area (Å²) in [6.07, 6.45) is 4.94. The Labute approximate surface area is 128 Å². The number of rotatable bonds is 10. The monoisotopic (exact) mass is 316 g/mol. The molecular formula is C14H28N4O2S. The first-order valence-corrected chi connectivity index (χ1v) is 9.12. The van der Waals surface area contributed by atoms with Gasteiger partial charge in [-0.05, 0) is 33.2 Å². The van der Waals surface area contributed by atoms with Crippen LogP contribution in [0.15, 0.2) is 17.3 Å². The molecule has 0 fully saturated rings. The van der Waals surface area contributed by atoms with E-state index >= 15 is 0 Å². The summed E-state index contributed by atoms with van der Waals surface area (Å²) in [6.45, 7) is 10.8. The molecule has 6 nitrogen and oxygen atoms in total. The fourth-order valence-corrected chi connectivity index (χ4v) is 3.79. The Balaban J connectivity index is 2.77. The molecule has 0 radical (unpaired) electrons. The quantitative estimate of drug-likeness (QED) is 0.667. The minimum atomic E-state index is -3.45. The van der Waals surface area contributed by atoms with Gasteiger partial charge in [0.25, 0.3) is 0 Å². The van der Waals surface area contributed by atoms with Crippen molar-refractivity contribution in [2.75, 3.05) is 19.6 Å². The molecule has 0 bridgehead atoms. The molecule has 122 valence electrons. The van der Waals surface area contributed by atoms with Crippen molar-refractivity contribution in [3.8, 4) is 0 Å². The highest BCUT2D eigenvalue weighted by molar-refractivity contribution is 7.89. The van der Waals surface area contributed by atoms with Crippen molar-refractivity contribution in [2.45, 2.75) is 58.0 Å². The van der Waals surface area contributed by atoms with Gasteiger partial charge in [-0.3, -0.25) is 4.68 Å². The summed E-state index contributed by atoms with van der Waals surface area (Å²) in [7, 11) is -3.45. The molecule has 0 amide bonds. The Morgan fingerprint density at radius 1 is 1.29 bits per heavy atom. The van der Waals surface area contributed by atoms with E-state index < -0.39 is 10.0 Å². The average Bonchev–Trinajstić information content (AvgIpc) is 2.90. The summed E-state index contributed by atoms with van der Waals surface area (Å²) >= 11 is 0. The van der Waals surface area contributed by atoms with Gasteiger partial charge in [0, 0.05) is 25.3 Å². The lowest BCUT2D eigenvalue weighted by Gasteiger charge is -2.24. The number of sulfonamides is 1. The second-order valence-corrected chi connectivity index (χ2v) is 7.29. The van der Waals surface area contributed by atoms with Crippen molar-refractivity contribution in [1.29, 1.82) is 0 Å². The van der Waals surface area contributed by atoms with Crippen LogP contribution in [-0.4, -0.2) is 48.2 Å². The largest absolute Gasteiger partial charge is 0.315 e. The normalized spacial score (nSPS) is 12.5. The molecule has 0 aliphatic heterocycles. The Kier molecular flexibility index (Phi) is 7.34. The first-order chi connectivity index (χ1) is 9.93. The summed E-state index contributed by atoms with van der Waals surface area (Å²) in [4.78, 5) is 0.278. The molecule has 0 atom stereocenters. The Hall–Kier alpha value is -0.920. The lowest BCUT2D eigenvalue weighted by molar-refractivity contribution is 0.354. The van der Waals surface area contributed by atoms with E-state index in [-0.39, 0.29) is 10.9 Å². The van der Waals surface area contributed by atoms with Gasteiger partial charge in [-0.15, -0.1) is 0 Å². The molecule has 7 heteroatoms. The van der Waals surface area contributed by atoms with E-state index in [1.54, 1.807) is 10.9 Å². The Morgan fingerprint density at radius 3 is 2.57 bits per heavy atom. The smallest absolute Gasteiger partial charge is 0.246 e. The molecule has 1 N–H and O–H groups in total. The van der Waals surface area contributed by atoms with E-state index in [0.29, 0.717) is 13.1 Å². The molecule has 0 aliphatic carbocycles. The molecule has 1 aromatic heterocycles. The van der Waals surface area contributed by atoms with Crippen molar-refractivity contribution in [3.63, 3.8) is 0 Å². The first-order valence-electron chi connectivity index (χ1n) is 7.68. The van der Waals surface area contributed by atoms with Crippen LogP contribution in [0.3, 0.4) is 0 Å². The van der Waals surface area contributed by atoms with E-state index in [9.17, 15) is 8.42 Å². The molecule has 0 saturated carbocycles. The second kappa shape index (κ2) is 8.51. The molecule has 0 saturated heterocycles. The molecule has 0 unspecified atom stereocenters. The number of nitrogens with one attached hydrogen (secondary N) is 1. The third-order valence-electron chi connectivity index (χ3n) is 3.18. The third kappa shape index (κ3) is 5.09. The summed E-state index contributed by atoms with van der Waals surface area (Å²) in [5.41, 5.74) is 0. The average molecular weight is 316 g/mol. The van der Waals surface area contributed by atoms with Crippen molar-refractivity contribution in [3.05, 3.63) is 12.4 Å². The van der Waals surface area contributed by atoms with E-state index in [0.717, 1.165) is 25.9 Å². The molecule has 0 aromatic carbocycles. The molecule has 1 rings (SSSR count). The minimum Gasteiger partial charge on any atom is -0.315 e. The lowest BCUT2D eigenvalue weighted by Crippen LogP contribution is -2.37. The Bertz CT molecular complexity index is 511. The van der Waals surface area contributed by atoms with Crippen LogP contribution in [0.2, 0.25) is 0 Å². The zero-order valence-electron chi connectivity index (χ0n) is 13.5. The summed E-state index contributed by atoms with van der Waals surface area (Å²) < 4.78 is 28.4. The molecule has 1 heterocycles. The van der Waals surface area contributed by atoms with Crippen LogP contribution in [-0.2, 0) is 16.6 Å². The highest BCUT2D eigenvalue weighted by Gasteiger charge is 2.27. The second-order valence-electron chi connectivity index (χ2n) is 5.40. The van der Waals surface area contributed by atoms with E-state index in [4.69, 9.17) is 0 Å². The van der Waals surface area contributed by atoms with E-state index in [2.05, 4.69) is 17.3 Å². The zero-order chi connectivity index (χ0) is 15.9. The van der Waals surface area contributed by atoms with Crippen LogP contribution in [0.4, 0.5) is 0 Å². The third-order valence-corrected chi connectivity index (χ3v) is 5.21. The number of aromatic nitrogens is 2. The number of nitrogens with zero attached hydrogens (tertiary/aromatic N) is 3. The highest BCUT2D eigenvalue weighted by Crippen LogP contribution is 2.17. The van der Waals surface area contributed by atoms with Crippen LogP contribution in [0.25, 0.3) is 0 Å². The van der Waals surface area contributed by atoms with Gasteiger partial charge in [0.05, 0.1) is 12.7 Å². The summed E-state index contributed by atoms with van der Waals surface area (Å²) in [5, 5.41) is 7.42. The van der Waals surface area contributed by atoms with Crippen LogP contribution < -0.4 is 5.32 Å². The topological polar surface area (TPSA) is 67.2 Å². The fraction of sp³-hybridized carbons (Fsp3) is 0.786. The molecule has 0 spiro atoms. The number of hydrogen-bond donors (Lipinski definition) is 1. The summed E-state index contributed by atoms with van der Waals surface area (Å²) in [6, 6.07) is -0.0514. The predicted molar refractivity (Wildman–Crippen MR) is 84.7 cm³/mol. The van der Waals surface area contributed by atoms with Gasteiger partial charge in [0.2, 0.25) is 10.0 Å². The van der Waals surface area contributed by atoms with Gasteiger partial charge in [0.1, 0.15) is 4.90 Å². The minimum absolute atomic E-state index is 0.0514. The molecule has 21 heavy (non-hydrogen) atoms. The van der Waals surface area contributed by atoms with Crippen molar-refractivity contribution < 1.29 is 8.42 Å². The van der Waals surface area contributed by atoms with Gasteiger partial charge in [-0.1, -0.05) is 13.8 Å². The molecular weight excluding hydrogens is 288 g/mol. The van der Waals surface area contributed by atoms with Gasteiger partial charge in [-0.2, -0.15) is 9.40 Å². The first kappa shape index (κ1) is 18.1. The van der Waals surface area contributed by atoms with Crippen LogP contribution in [0, 0.1) is 0 Å².